The summed E-state index contributed by atoms with van der Waals surface area (Å²) in [7, 11) is 0. The number of hydrogen-bond donors (Lipinski definition) is 1. The van der Waals surface area contributed by atoms with Gasteiger partial charge >= 0.3 is 0 Å². The first-order chi connectivity index (χ1) is 10.1. The molecule has 0 amide bonds. The zero-order chi connectivity index (χ0) is 15.2. The van der Waals surface area contributed by atoms with E-state index < -0.39 is 0 Å². The highest BCUT2D eigenvalue weighted by Gasteiger charge is 2.19. The van der Waals surface area contributed by atoms with Crippen molar-refractivity contribution in [3.05, 3.63) is 29.3 Å². The molecular formula is C17H25N3S. The van der Waals surface area contributed by atoms with E-state index in [-0.39, 0.29) is 0 Å². The van der Waals surface area contributed by atoms with E-state index in [0.717, 1.165) is 43.2 Å². The maximum atomic E-state index is 9.45. The lowest BCUT2D eigenvalue weighted by atomic mass is 10.1. The van der Waals surface area contributed by atoms with Crippen molar-refractivity contribution < 1.29 is 0 Å². The van der Waals surface area contributed by atoms with Gasteiger partial charge in [0.2, 0.25) is 0 Å². The van der Waals surface area contributed by atoms with Gasteiger partial charge in [-0.15, -0.1) is 0 Å². The topological polar surface area (TPSA) is 39.1 Å². The molecule has 1 aromatic rings. The van der Waals surface area contributed by atoms with Crippen LogP contribution in [0.2, 0.25) is 0 Å². The summed E-state index contributed by atoms with van der Waals surface area (Å²) in [6, 6.07) is 8.68. The summed E-state index contributed by atoms with van der Waals surface area (Å²) < 4.78 is 0. The lowest BCUT2D eigenvalue weighted by Crippen LogP contribution is -2.37. The smallest absolute Gasteiger partial charge is 0.101 e. The molecule has 1 aliphatic heterocycles. The van der Waals surface area contributed by atoms with E-state index in [1.54, 1.807) is 0 Å². The molecule has 1 saturated heterocycles. The highest BCUT2D eigenvalue weighted by atomic mass is 32.2. The quantitative estimate of drug-likeness (QED) is 0.906. The second-order valence-corrected chi connectivity index (χ2v) is 7.66. The van der Waals surface area contributed by atoms with Gasteiger partial charge in [0.1, 0.15) is 6.07 Å². The molecule has 1 unspecified atom stereocenters. The van der Waals surface area contributed by atoms with Crippen LogP contribution in [0, 0.1) is 17.2 Å². The number of nitrogens with one attached hydrogen (secondary N) is 1. The van der Waals surface area contributed by atoms with Crippen LogP contribution in [0.25, 0.3) is 0 Å². The largest absolute Gasteiger partial charge is 0.369 e. The summed E-state index contributed by atoms with van der Waals surface area (Å²) in [6.45, 7) is 10.6. The Hall–Kier alpha value is -1.18. The molecule has 0 saturated carbocycles. The number of rotatable bonds is 5. The van der Waals surface area contributed by atoms with Crippen LogP contribution in [0.15, 0.2) is 18.2 Å². The highest BCUT2D eigenvalue weighted by Crippen LogP contribution is 2.27. The fraction of sp³-hybridized carbons (Fsp3) is 0.588. The van der Waals surface area contributed by atoms with Crippen LogP contribution >= 0.6 is 11.8 Å². The first-order valence-corrected chi connectivity index (χ1v) is 8.75. The number of thioether (sulfide) groups is 1. The molecule has 1 atom stereocenters. The van der Waals surface area contributed by atoms with Crippen molar-refractivity contribution in [2.75, 3.05) is 30.3 Å². The van der Waals surface area contributed by atoms with Crippen molar-refractivity contribution in [1.29, 1.82) is 5.26 Å². The van der Waals surface area contributed by atoms with Gasteiger partial charge in [0.15, 0.2) is 0 Å². The number of hydrogen-bond acceptors (Lipinski definition) is 4. The molecular weight excluding hydrogens is 278 g/mol. The molecule has 2 rings (SSSR count). The third kappa shape index (κ3) is 4.66. The van der Waals surface area contributed by atoms with E-state index in [0.29, 0.717) is 11.2 Å². The number of anilines is 1. The van der Waals surface area contributed by atoms with Crippen molar-refractivity contribution in [1.82, 2.24) is 5.32 Å². The molecule has 0 aromatic heterocycles. The summed E-state index contributed by atoms with van der Waals surface area (Å²) in [6.07, 6.45) is 0. The Bertz CT molecular complexity index is 507. The SMILES string of the molecule is CC(C)CNCc1ccc(N2CCSC(C)C2)c(C#N)c1. The standard InChI is InChI=1S/C17H25N3S/c1-13(2)10-19-11-15-4-5-17(16(8-15)9-18)20-6-7-21-14(3)12-20/h4-5,8,13-14,19H,6-7,10-12H2,1-3H3. The molecule has 0 aliphatic carbocycles. The summed E-state index contributed by atoms with van der Waals surface area (Å²) in [5.74, 6) is 1.79. The van der Waals surface area contributed by atoms with Crippen molar-refractivity contribution in [3.63, 3.8) is 0 Å². The van der Waals surface area contributed by atoms with Gasteiger partial charge in [-0.3, -0.25) is 0 Å². The van der Waals surface area contributed by atoms with Gasteiger partial charge in [0.05, 0.1) is 11.3 Å². The zero-order valence-corrected chi connectivity index (χ0v) is 14.0. The third-order valence-electron chi connectivity index (χ3n) is 3.64. The summed E-state index contributed by atoms with van der Waals surface area (Å²) in [5.41, 5.74) is 3.09. The summed E-state index contributed by atoms with van der Waals surface area (Å²) in [4.78, 5) is 2.35. The van der Waals surface area contributed by atoms with Gasteiger partial charge in [-0.2, -0.15) is 17.0 Å². The van der Waals surface area contributed by atoms with Crippen molar-refractivity contribution in [3.8, 4) is 6.07 Å². The highest BCUT2D eigenvalue weighted by molar-refractivity contribution is 8.00. The molecule has 1 aliphatic rings. The molecule has 0 bridgehead atoms. The Balaban J connectivity index is 2.07. The average molecular weight is 303 g/mol. The van der Waals surface area contributed by atoms with Crippen molar-refractivity contribution in [2.24, 2.45) is 5.92 Å². The number of nitriles is 1. The maximum absolute atomic E-state index is 9.45. The molecule has 1 heterocycles. The van der Waals surface area contributed by atoms with E-state index >= 15 is 0 Å². The maximum Gasteiger partial charge on any atom is 0.101 e. The Kier molecular flexibility index (Phi) is 5.96. The molecule has 0 radical (unpaired) electrons. The van der Waals surface area contributed by atoms with E-state index in [1.165, 1.54) is 5.56 Å². The first-order valence-electron chi connectivity index (χ1n) is 7.70. The number of nitrogens with zero attached hydrogens (tertiary/aromatic N) is 2. The van der Waals surface area contributed by atoms with Gasteiger partial charge in [-0.05, 0) is 30.2 Å². The van der Waals surface area contributed by atoms with Crippen LogP contribution in [0.5, 0.6) is 0 Å². The molecule has 21 heavy (non-hydrogen) atoms. The molecule has 1 fully saturated rings. The molecule has 4 heteroatoms. The minimum absolute atomic E-state index is 0.637. The Morgan fingerprint density at radius 2 is 2.29 bits per heavy atom. The summed E-state index contributed by atoms with van der Waals surface area (Å²) >= 11 is 2.01. The van der Waals surface area contributed by atoms with Crippen LogP contribution in [0.3, 0.4) is 0 Å². The first kappa shape index (κ1) is 16.2. The molecule has 114 valence electrons. The Morgan fingerprint density at radius 1 is 1.48 bits per heavy atom. The predicted octanol–water partition coefficient (Wildman–Crippen LogP) is 3.25. The van der Waals surface area contributed by atoms with Gasteiger partial charge < -0.3 is 10.2 Å². The van der Waals surface area contributed by atoms with Crippen LogP contribution in [-0.4, -0.2) is 30.6 Å². The predicted molar refractivity (Wildman–Crippen MR) is 91.8 cm³/mol. The van der Waals surface area contributed by atoms with E-state index in [4.69, 9.17) is 0 Å². The summed E-state index contributed by atoms with van der Waals surface area (Å²) in [5, 5.41) is 13.5. The number of benzene rings is 1. The fourth-order valence-electron chi connectivity index (χ4n) is 2.60. The van der Waals surface area contributed by atoms with Crippen LogP contribution in [-0.2, 0) is 6.54 Å². The fourth-order valence-corrected chi connectivity index (χ4v) is 3.61. The second-order valence-electron chi connectivity index (χ2n) is 6.12. The normalized spacial score (nSPS) is 18.8. The minimum atomic E-state index is 0.637. The molecule has 3 nitrogen and oxygen atoms in total. The average Bonchev–Trinajstić information content (AvgIpc) is 2.46. The monoisotopic (exact) mass is 303 g/mol. The lowest BCUT2D eigenvalue weighted by molar-refractivity contribution is 0.552. The van der Waals surface area contributed by atoms with Crippen LogP contribution < -0.4 is 10.2 Å². The van der Waals surface area contributed by atoms with Gasteiger partial charge in [-0.1, -0.05) is 26.8 Å². The van der Waals surface area contributed by atoms with Gasteiger partial charge in [-0.25, -0.2) is 0 Å². The second kappa shape index (κ2) is 7.72. The molecule has 1 N–H and O–H groups in total. The molecule has 1 aromatic carbocycles. The third-order valence-corrected chi connectivity index (χ3v) is 4.78. The van der Waals surface area contributed by atoms with Gasteiger partial charge in [0, 0.05) is 30.6 Å². The Morgan fingerprint density at radius 3 is 2.95 bits per heavy atom. The van der Waals surface area contributed by atoms with Crippen LogP contribution in [0.1, 0.15) is 31.9 Å². The van der Waals surface area contributed by atoms with Crippen molar-refractivity contribution >= 4 is 17.4 Å². The van der Waals surface area contributed by atoms with E-state index in [1.807, 2.05) is 17.8 Å². The molecule has 0 spiro atoms. The van der Waals surface area contributed by atoms with E-state index in [9.17, 15) is 5.26 Å². The lowest BCUT2D eigenvalue weighted by Gasteiger charge is -2.33. The van der Waals surface area contributed by atoms with Gasteiger partial charge in [0.25, 0.3) is 0 Å². The van der Waals surface area contributed by atoms with Crippen molar-refractivity contribution in [2.45, 2.75) is 32.6 Å². The zero-order valence-electron chi connectivity index (χ0n) is 13.2. The van der Waals surface area contributed by atoms with E-state index in [2.05, 4.69) is 49.2 Å². The van der Waals surface area contributed by atoms with Crippen LogP contribution in [0.4, 0.5) is 5.69 Å². The minimum Gasteiger partial charge on any atom is -0.369 e. The Labute approximate surface area is 132 Å².